The lowest BCUT2D eigenvalue weighted by Gasteiger charge is -2.20. The summed E-state index contributed by atoms with van der Waals surface area (Å²) in [6, 6.07) is 0. The number of amides is 1. The van der Waals surface area contributed by atoms with E-state index in [0.717, 1.165) is 12.3 Å². The van der Waals surface area contributed by atoms with Crippen LogP contribution in [0.5, 0.6) is 0 Å². The van der Waals surface area contributed by atoms with Crippen molar-refractivity contribution in [1.82, 2.24) is 9.80 Å². The van der Waals surface area contributed by atoms with E-state index >= 15 is 0 Å². The molecule has 0 rings (SSSR count). The van der Waals surface area contributed by atoms with Gasteiger partial charge in [0.05, 0.1) is 19.0 Å². The van der Waals surface area contributed by atoms with Crippen LogP contribution in [0.3, 0.4) is 0 Å². The third-order valence-corrected chi connectivity index (χ3v) is 2.92. The fraction of sp³-hybridized carbons (Fsp3) is 0.900. The summed E-state index contributed by atoms with van der Waals surface area (Å²) in [6.45, 7) is 1.42. The van der Waals surface area contributed by atoms with Crippen LogP contribution in [-0.4, -0.2) is 84.4 Å². The van der Waals surface area contributed by atoms with Crippen LogP contribution in [0.1, 0.15) is 0 Å². The molecular formula is C10H22N2O3S. The van der Waals surface area contributed by atoms with E-state index < -0.39 is 0 Å². The number of aliphatic hydroxyl groups excluding tert-OH is 2. The highest BCUT2D eigenvalue weighted by atomic mass is 32.2. The highest BCUT2D eigenvalue weighted by Crippen LogP contribution is 2.02. The quantitative estimate of drug-likeness (QED) is 0.519. The number of hydrogen-bond donors (Lipinski definition) is 2. The molecule has 0 aromatic heterocycles. The smallest absolute Gasteiger partial charge is 0.232 e. The van der Waals surface area contributed by atoms with Crippen LogP contribution in [0.15, 0.2) is 0 Å². The van der Waals surface area contributed by atoms with Crippen molar-refractivity contribution in [1.29, 1.82) is 0 Å². The first kappa shape index (κ1) is 15.7. The number of rotatable bonds is 9. The van der Waals surface area contributed by atoms with Crippen LogP contribution in [0.25, 0.3) is 0 Å². The normalized spacial score (nSPS) is 10.8. The summed E-state index contributed by atoms with van der Waals surface area (Å²) < 4.78 is 0. The lowest BCUT2D eigenvalue weighted by Crippen LogP contribution is -2.37. The van der Waals surface area contributed by atoms with E-state index in [-0.39, 0.29) is 19.1 Å². The molecule has 0 atom stereocenters. The standard InChI is InChI=1S/C10H22N2O3S/c1-11(2)5-8-16-9-10(15)12(3-6-13)4-7-14/h13-14H,3-9H2,1-2H3. The van der Waals surface area contributed by atoms with E-state index in [4.69, 9.17) is 10.2 Å². The second-order valence-electron chi connectivity index (χ2n) is 3.68. The van der Waals surface area contributed by atoms with Gasteiger partial charge in [0.15, 0.2) is 0 Å². The summed E-state index contributed by atoms with van der Waals surface area (Å²) in [4.78, 5) is 15.2. The fourth-order valence-corrected chi connectivity index (χ4v) is 2.10. The lowest BCUT2D eigenvalue weighted by atomic mass is 10.4. The Bertz CT molecular complexity index is 185. The van der Waals surface area contributed by atoms with Crippen LogP contribution in [-0.2, 0) is 4.79 Å². The maximum atomic E-state index is 11.6. The van der Waals surface area contributed by atoms with Crippen LogP contribution in [0, 0.1) is 0 Å². The Morgan fingerprint density at radius 2 is 1.69 bits per heavy atom. The van der Waals surface area contributed by atoms with Crippen molar-refractivity contribution in [3.05, 3.63) is 0 Å². The molecule has 0 aromatic carbocycles. The van der Waals surface area contributed by atoms with E-state index in [1.165, 1.54) is 4.90 Å². The minimum atomic E-state index is -0.0614. The summed E-state index contributed by atoms with van der Waals surface area (Å²) in [5.74, 6) is 1.30. The minimum Gasteiger partial charge on any atom is -0.395 e. The number of aliphatic hydroxyl groups is 2. The van der Waals surface area contributed by atoms with Gasteiger partial charge in [0.2, 0.25) is 5.91 Å². The van der Waals surface area contributed by atoms with Crippen LogP contribution in [0.4, 0.5) is 0 Å². The Morgan fingerprint density at radius 3 is 2.12 bits per heavy atom. The molecule has 0 saturated heterocycles. The average molecular weight is 250 g/mol. The predicted octanol–water partition coefficient (Wildman–Crippen LogP) is -0.906. The molecule has 1 amide bonds. The van der Waals surface area contributed by atoms with Gasteiger partial charge in [-0.2, -0.15) is 11.8 Å². The predicted molar refractivity (Wildman–Crippen MR) is 66.6 cm³/mol. The molecule has 96 valence electrons. The summed E-state index contributed by atoms with van der Waals surface area (Å²) in [5.41, 5.74) is 0. The topological polar surface area (TPSA) is 64.0 Å². The molecule has 0 aliphatic rings. The number of thioether (sulfide) groups is 1. The van der Waals surface area contributed by atoms with Gasteiger partial charge < -0.3 is 20.0 Å². The fourth-order valence-electron chi connectivity index (χ4n) is 1.10. The molecular weight excluding hydrogens is 228 g/mol. The molecule has 2 N–H and O–H groups in total. The third-order valence-electron chi connectivity index (χ3n) is 2.00. The number of carbonyl (C=O) groups is 1. The van der Waals surface area contributed by atoms with E-state index in [9.17, 15) is 4.79 Å². The van der Waals surface area contributed by atoms with Crippen LogP contribution >= 0.6 is 11.8 Å². The first-order valence-electron chi connectivity index (χ1n) is 5.33. The SMILES string of the molecule is CN(C)CCSCC(=O)N(CCO)CCO. The van der Waals surface area contributed by atoms with Gasteiger partial charge >= 0.3 is 0 Å². The number of hydrogen-bond acceptors (Lipinski definition) is 5. The summed E-state index contributed by atoms with van der Waals surface area (Å²) in [7, 11) is 3.98. The average Bonchev–Trinajstić information content (AvgIpc) is 2.23. The Hall–Kier alpha value is -0.300. The lowest BCUT2D eigenvalue weighted by molar-refractivity contribution is -0.129. The van der Waals surface area contributed by atoms with Crippen molar-refractivity contribution in [2.24, 2.45) is 0 Å². The van der Waals surface area contributed by atoms with Crippen molar-refractivity contribution in [3.63, 3.8) is 0 Å². The van der Waals surface area contributed by atoms with Gasteiger partial charge in [-0.3, -0.25) is 4.79 Å². The Labute approximate surface area is 101 Å². The molecule has 16 heavy (non-hydrogen) atoms. The van der Waals surface area contributed by atoms with Gasteiger partial charge in [0.1, 0.15) is 0 Å². The molecule has 0 radical (unpaired) electrons. The summed E-state index contributed by atoms with van der Waals surface area (Å²) in [5, 5.41) is 17.5. The molecule has 0 heterocycles. The van der Waals surface area contributed by atoms with Crippen molar-refractivity contribution in [2.45, 2.75) is 0 Å². The van der Waals surface area contributed by atoms with Gasteiger partial charge in [-0.25, -0.2) is 0 Å². The monoisotopic (exact) mass is 250 g/mol. The highest BCUT2D eigenvalue weighted by Gasteiger charge is 2.11. The zero-order valence-corrected chi connectivity index (χ0v) is 10.9. The second-order valence-corrected chi connectivity index (χ2v) is 4.79. The van der Waals surface area contributed by atoms with Crippen LogP contribution in [0.2, 0.25) is 0 Å². The van der Waals surface area contributed by atoms with Crippen LogP contribution < -0.4 is 0 Å². The van der Waals surface area contributed by atoms with Gasteiger partial charge in [0.25, 0.3) is 0 Å². The zero-order valence-electron chi connectivity index (χ0n) is 10.1. The third kappa shape index (κ3) is 7.92. The Morgan fingerprint density at radius 1 is 1.12 bits per heavy atom. The van der Waals surface area contributed by atoms with Crippen molar-refractivity contribution in [3.8, 4) is 0 Å². The van der Waals surface area contributed by atoms with Gasteiger partial charge in [0, 0.05) is 25.4 Å². The second kappa shape index (κ2) is 9.89. The van der Waals surface area contributed by atoms with E-state index in [1.54, 1.807) is 11.8 Å². The highest BCUT2D eigenvalue weighted by molar-refractivity contribution is 7.99. The first-order chi connectivity index (χ1) is 7.61. The molecule has 0 bridgehead atoms. The zero-order chi connectivity index (χ0) is 12.4. The van der Waals surface area contributed by atoms with Gasteiger partial charge in [-0.15, -0.1) is 0 Å². The van der Waals surface area contributed by atoms with Crippen molar-refractivity contribution < 1.29 is 15.0 Å². The number of nitrogens with zero attached hydrogens (tertiary/aromatic N) is 2. The molecule has 0 saturated carbocycles. The molecule has 0 unspecified atom stereocenters. The summed E-state index contributed by atoms with van der Waals surface area (Å²) >= 11 is 1.57. The van der Waals surface area contributed by atoms with E-state index in [1.807, 2.05) is 14.1 Å². The van der Waals surface area contributed by atoms with Crippen molar-refractivity contribution in [2.75, 3.05) is 58.4 Å². The van der Waals surface area contributed by atoms with E-state index in [0.29, 0.717) is 18.8 Å². The molecule has 0 spiro atoms. The molecule has 0 aliphatic heterocycles. The summed E-state index contributed by atoms with van der Waals surface area (Å²) in [6.07, 6.45) is 0. The molecule has 0 fully saturated rings. The largest absolute Gasteiger partial charge is 0.395 e. The molecule has 6 heteroatoms. The van der Waals surface area contributed by atoms with Crippen molar-refractivity contribution >= 4 is 17.7 Å². The number of carbonyl (C=O) groups excluding carboxylic acids is 1. The molecule has 5 nitrogen and oxygen atoms in total. The maximum absolute atomic E-state index is 11.6. The first-order valence-corrected chi connectivity index (χ1v) is 6.49. The Kier molecular flexibility index (Phi) is 9.71. The Balaban J connectivity index is 3.73. The van der Waals surface area contributed by atoms with Gasteiger partial charge in [-0.1, -0.05) is 0 Å². The molecule has 0 aliphatic carbocycles. The minimum absolute atomic E-state index is 0.0214. The molecule has 0 aromatic rings. The maximum Gasteiger partial charge on any atom is 0.232 e. The van der Waals surface area contributed by atoms with Gasteiger partial charge in [-0.05, 0) is 14.1 Å². The van der Waals surface area contributed by atoms with E-state index in [2.05, 4.69) is 4.90 Å².